The molecule has 3 aromatic rings. The van der Waals surface area contributed by atoms with Gasteiger partial charge in [0.1, 0.15) is 5.75 Å². The second-order valence-electron chi connectivity index (χ2n) is 5.65. The third kappa shape index (κ3) is 5.29. The standard InChI is InChI=1S/C18H15F3N4O4S/c1-27-13-7-6-12(9-14(13)28-2)29-17-25-24-16(30-17)23-15(26)22-11-5-3-4-10(8-11)18(19,20)21/h3-9H,1-2H3,(H2,22,23,24,26). The number of nitrogens with one attached hydrogen (secondary N) is 2. The average molecular weight is 440 g/mol. The molecule has 0 fully saturated rings. The van der Waals surface area contributed by atoms with E-state index in [4.69, 9.17) is 14.2 Å². The minimum Gasteiger partial charge on any atom is -0.493 e. The number of benzene rings is 2. The fraction of sp³-hybridized carbons (Fsp3) is 0.167. The molecule has 0 spiro atoms. The molecule has 2 amide bonds. The molecule has 30 heavy (non-hydrogen) atoms. The first-order chi connectivity index (χ1) is 14.3. The van der Waals surface area contributed by atoms with Crippen molar-refractivity contribution in [1.82, 2.24) is 10.2 Å². The van der Waals surface area contributed by atoms with Crippen LogP contribution in [0.5, 0.6) is 22.4 Å². The van der Waals surface area contributed by atoms with E-state index in [1.807, 2.05) is 0 Å². The Bertz CT molecular complexity index is 1040. The molecule has 0 atom stereocenters. The summed E-state index contributed by atoms with van der Waals surface area (Å²) >= 11 is 0.929. The van der Waals surface area contributed by atoms with Gasteiger partial charge in [-0.25, -0.2) is 4.79 Å². The summed E-state index contributed by atoms with van der Waals surface area (Å²) in [4.78, 5) is 12.0. The minimum absolute atomic E-state index is 0.0198. The van der Waals surface area contributed by atoms with Gasteiger partial charge in [-0.15, -0.1) is 5.10 Å². The van der Waals surface area contributed by atoms with Crippen molar-refractivity contribution in [2.75, 3.05) is 24.9 Å². The lowest BCUT2D eigenvalue weighted by Gasteiger charge is -2.09. The molecule has 2 aromatic carbocycles. The summed E-state index contributed by atoms with van der Waals surface area (Å²) in [5.41, 5.74) is -0.893. The van der Waals surface area contributed by atoms with Crippen molar-refractivity contribution in [3.63, 3.8) is 0 Å². The fourth-order valence-corrected chi connectivity index (χ4v) is 2.93. The SMILES string of the molecule is COc1ccc(Oc2nnc(NC(=O)Nc3cccc(C(F)(F)F)c3)s2)cc1OC. The molecule has 0 aliphatic rings. The highest BCUT2D eigenvalue weighted by molar-refractivity contribution is 7.17. The molecule has 0 saturated carbocycles. The summed E-state index contributed by atoms with van der Waals surface area (Å²) < 4.78 is 54.1. The van der Waals surface area contributed by atoms with Gasteiger partial charge in [0.2, 0.25) is 5.13 Å². The van der Waals surface area contributed by atoms with Gasteiger partial charge in [0.05, 0.1) is 19.8 Å². The zero-order chi connectivity index (χ0) is 21.7. The van der Waals surface area contributed by atoms with Crippen LogP contribution in [0.4, 0.5) is 28.8 Å². The van der Waals surface area contributed by atoms with Crippen LogP contribution >= 0.6 is 11.3 Å². The molecule has 1 heterocycles. The van der Waals surface area contributed by atoms with Gasteiger partial charge in [-0.3, -0.25) is 5.32 Å². The highest BCUT2D eigenvalue weighted by Gasteiger charge is 2.30. The number of nitrogens with zero attached hydrogens (tertiary/aromatic N) is 2. The largest absolute Gasteiger partial charge is 0.493 e. The number of carbonyl (C=O) groups is 1. The Balaban J connectivity index is 1.62. The maximum absolute atomic E-state index is 12.8. The van der Waals surface area contributed by atoms with Gasteiger partial charge in [-0.1, -0.05) is 11.2 Å². The Morgan fingerprint density at radius 1 is 1.00 bits per heavy atom. The zero-order valence-electron chi connectivity index (χ0n) is 15.6. The average Bonchev–Trinajstić information content (AvgIpc) is 3.13. The molecule has 0 aliphatic heterocycles. The number of amides is 2. The normalized spacial score (nSPS) is 11.0. The maximum Gasteiger partial charge on any atom is 0.416 e. The van der Waals surface area contributed by atoms with Crippen LogP contribution < -0.4 is 24.8 Å². The molecule has 0 aliphatic carbocycles. The van der Waals surface area contributed by atoms with E-state index >= 15 is 0 Å². The first-order valence-corrected chi connectivity index (χ1v) is 9.09. The number of halogens is 3. The number of carbonyl (C=O) groups excluding carboxylic acids is 1. The van der Waals surface area contributed by atoms with Crippen LogP contribution in [0.15, 0.2) is 42.5 Å². The number of anilines is 2. The van der Waals surface area contributed by atoms with Gasteiger partial charge in [0, 0.05) is 11.8 Å². The zero-order valence-corrected chi connectivity index (χ0v) is 16.4. The maximum atomic E-state index is 12.8. The molecule has 12 heteroatoms. The van der Waals surface area contributed by atoms with Crippen LogP contribution in [0.1, 0.15) is 5.56 Å². The van der Waals surface area contributed by atoms with Crippen molar-refractivity contribution in [2.24, 2.45) is 0 Å². The molecule has 0 saturated heterocycles. The van der Waals surface area contributed by atoms with Crippen molar-refractivity contribution < 1.29 is 32.2 Å². The van der Waals surface area contributed by atoms with Gasteiger partial charge in [-0.05, 0) is 41.7 Å². The van der Waals surface area contributed by atoms with E-state index in [9.17, 15) is 18.0 Å². The third-order valence-corrected chi connectivity index (χ3v) is 4.35. The third-order valence-electron chi connectivity index (χ3n) is 3.63. The predicted molar refractivity (Wildman–Crippen MR) is 104 cm³/mol. The summed E-state index contributed by atoms with van der Waals surface area (Å²) in [7, 11) is 2.99. The number of hydrogen-bond acceptors (Lipinski definition) is 7. The first kappa shape index (κ1) is 21.2. The van der Waals surface area contributed by atoms with Crippen molar-refractivity contribution in [3.05, 3.63) is 48.0 Å². The van der Waals surface area contributed by atoms with Gasteiger partial charge in [0.15, 0.2) is 11.5 Å². The van der Waals surface area contributed by atoms with Crippen molar-refractivity contribution in [2.45, 2.75) is 6.18 Å². The lowest BCUT2D eigenvalue weighted by atomic mass is 10.2. The number of rotatable bonds is 6. The summed E-state index contributed by atoms with van der Waals surface area (Å²) in [5.74, 6) is 1.39. The number of ether oxygens (including phenoxy) is 3. The molecule has 0 radical (unpaired) electrons. The van der Waals surface area contributed by atoms with Gasteiger partial charge in [0.25, 0.3) is 0 Å². The lowest BCUT2D eigenvalue weighted by molar-refractivity contribution is -0.137. The molecular weight excluding hydrogens is 425 g/mol. The number of aromatic nitrogens is 2. The van der Waals surface area contributed by atoms with Crippen LogP contribution in [-0.4, -0.2) is 30.4 Å². The van der Waals surface area contributed by atoms with Gasteiger partial charge in [-0.2, -0.15) is 13.2 Å². The second-order valence-corrected chi connectivity index (χ2v) is 6.59. The Hall–Kier alpha value is -3.54. The Morgan fingerprint density at radius 2 is 1.77 bits per heavy atom. The van der Waals surface area contributed by atoms with Crippen molar-refractivity contribution in [3.8, 4) is 22.4 Å². The predicted octanol–water partition coefficient (Wildman–Crippen LogP) is 5.01. The number of hydrogen-bond donors (Lipinski definition) is 2. The highest BCUT2D eigenvalue weighted by Crippen LogP contribution is 2.35. The Morgan fingerprint density at radius 3 is 2.47 bits per heavy atom. The van der Waals surface area contributed by atoms with E-state index in [2.05, 4.69) is 20.8 Å². The summed E-state index contributed by atoms with van der Waals surface area (Å²) in [6.45, 7) is 0. The molecule has 1 aromatic heterocycles. The van der Waals surface area contributed by atoms with E-state index in [1.54, 1.807) is 18.2 Å². The molecular formula is C18H15F3N4O4S. The number of methoxy groups -OCH3 is 2. The Labute approximate surface area is 172 Å². The highest BCUT2D eigenvalue weighted by atomic mass is 32.1. The van der Waals surface area contributed by atoms with E-state index in [-0.39, 0.29) is 16.0 Å². The van der Waals surface area contributed by atoms with Crippen LogP contribution in [0, 0.1) is 0 Å². The fourth-order valence-electron chi connectivity index (χ4n) is 2.32. The smallest absolute Gasteiger partial charge is 0.416 e. The molecule has 3 rings (SSSR count). The lowest BCUT2D eigenvalue weighted by Crippen LogP contribution is -2.19. The second kappa shape index (κ2) is 8.86. The molecule has 158 valence electrons. The van der Waals surface area contributed by atoms with Crippen molar-refractivity contribution in [1.29, 1.82) is 0 Å². The van der Waals surface area contributed by atoms with E-state index in [1.165, 1.54) is 26.4 Å². The number of alkyl halides is 3. The topological polar surface area (TPSA) is 94.6 Å². The van der Waals surface area contributed by atoms with E-state index < -0.39 is 17.8 Å². The summed E-state index contributed by atoms with van der Waals surface area (Å²) in [6, 6.07) is 8.36. The van der Waals surface area contributed by atoms with Crippen LogP contribution in [0.3, 0.4) is 0 Å². The Kier molecular flexibility index (Phi) is 6.26. The summed E-state index contributed by atoms with van der Waals surface area (Å²) in [6.07, 6.45) is -4.51. The minimum atomic E-state index is -4.51. The number of urea groups is 1. The van der Waals surface area contributed by atoms with E-state index in [0.29, 0.717) is 17.2 Å². The molecule has 8 nitrogen and oxygen atoms in total. The van der Waals surface area contributed by atoms with Gasteiger partial charge < -0.3 is 19.5 Å². The molecule has 2 N–H and O–H groups in total. The quantitative estimate of drug-likeness (QED) is 0.560. The monoisotopic (exact) mass is 440 g/mol. The van der Waals surface area contributed by atoms with Crippen LogP contribution in [0.25, 0.3) is 0 Å². The van der Waals surface area contributed by atoms with Gasteiger partial charge >= 0.3 is 17.4 Å². The first-order valence-electron chi connectivity index (χ1n) is 8.27. The van der Waals surface area contributed by atoms with E-state index in [0.717, 1.165) is 23.5 Å². The summed E-state index contributed by atoms with van der Waals surface area (Å²) in [5, 5.41) is 12.5. The van der Waals surface area contributed by atoms with Crippen LogP contribution in [-0.2, 0) is 6.18 Å². The molecule has 0 unspecified atom stereocenters. The molecule has 0 bridgehead atoms. The van der Waals surface area contributed by atoms with Crippen LogP contribution in [0.2, 0.25) is 0 Å². The van der Waals surface area contributed by atoms with Crippen molar-refractivity contribution >= 4 is 28.2 Å².